The van der Waals surface area contributed by atoms with E-state index < -0.39 is 0 Å². The van der Waals surface area contributed by atoms with Crippen LogP contribution < -0.4 is 5.32 Å². The summed E-state index contributed by atoms with van der Waals surface area (Å²) in [6, 6.07) is -0.0978. The highest BCUT2D eigenvalue weighted by Crippen LogP contribution is 2.19. The van der Waals surface area contributed by atoms with Crippen LogP contribution in [-0.4, -0.2) is 31.6 Å². The number of allylic oxidation sites excluding steroid dienone is 1. The molecule has 1 saturated heterocycles. The summed E-state index contributed by atoms with van der Waals surface area (Å²) in [5.74, 6) is 0.265. The summed E-state index contributed by atoms with van der Waals surface area (Å²) in [4.78, 5) is 12.2. The predicted molar refractivity (Wildman–Crippen MR) is 63.4 cm³/mol. The fraction of sp³-hybridized carbons (Fsp3) is 0.769. The molecule has 1 N–H and O–H groups in total. The van der Waals surface area contributed by atoms with Gasteiger partial charge in [0.25, 0.3) is 0 Å². The Labute approximate surface area is 97.2 Å². The maximum atomic E-state index is 12.2. The molecule has 1 unspecified atom stereocenters. The molecule has 0 amide bonds. The van der Waals surface area contributed by atoms with Crippen LogP contribution in [0.5, 0.6) is 0 Å². The molecule has 1 aliphatic carbocycles. The van der Waals surface area contributed by atoms with Gasteiger partial charge in [0.15, 0.2) is 5.78 Å². The number of ketones is 1. The second kappa shape index (κ2) is 6.16. The molecule has 2 aliphatic rings. The SMILES string of the molecule is O=C(C1=CCCCCCC1)C1COCCN1. The fourth-order valence-corrected chi connectivity index (χ4v) is 2.37. The molecule has 16 heavy (non-hydrogen) atoms. The van der Waals surface area contributed by atoms with Crippen LogP contribution in [0.3, 0.4) is 0 Å². The fourth-order valence-electron chi connectivity index (χ4n) is 2.37. The minimum absolute atomic E-state index is 0.0978. The molecule has 1 fully saturated rings. The topological polar surface area (TPSA) is 38.3 Å². The van der Waals surface area contributed by atoms with Crippen molar-refractivity contribution in [2.45, 2.75) is 44.6 Å². The molecule has 0 spiro atoms. The molecule has 0 bridgehead atoms. The average molecular weight is 223 g/mol. The first kappa shape index (κ1) is 11.8. The summed E-state index contributed by atoms with van der Waals surface area (Å²) in [6.07, 6.45) is 9.13. The molecule has 3 nitrogen and oxygen atoms in total. The van der Waals surface area contributed by atoms with Crippen LogP contribution >= 0.6 is 0 Å². The van der Waals surface area contributed by atoms with E-state index in [1.165, 1.54) is 19.3 Å². The van der Waals surface area contributed by atoms with E-state index in [-0.39, 0.29) is 11.8 Å². The minimum atomic E-state index is -0.0978. The number of carbonyl (C=O) groups excluding carboxylic acids is 1. The van der Waals surface area contributed by atoms with Crippen molar-refractivity contribution in [1.29, 1.82) is 0 Å². The molecule has 1 atom stereocenters. The molecule has 3 heteroatoms. The Kier molecular flexibility index (Phi) is 4.55. The van der Waals surface area contributed by atoms with Gasteiger partial charge in [-0.1, -0.05) is 18.9 Å². The smallest absolute Gasteiger partial charge is 0.177 e. The van der Waals surface area contributed by atoms with Gasteiger partial charge in [-0.05, 0) is 31.3 Å². The summed E-state index contributed by atoms with van der Waals surface area (Å²) >= 11 is 0. The molecular weight excluding hydrogens is 202 g/mol. The number of hydrogen-bond donors (Lipinski definition) is 1. The highest BCUT2D eigenvalue weighted by atomic mass is 16.5. The van der Waals surface area contributed by atoms with Crippen LogP contribution in [0.4, 0.5) is 0 Å². The second-order valence-corrected chi connectivity index (χ2v) is 4.63. The van der Waals surface area contributed by atoms with E-state index in [2.05, 4.69) is 11.4 Å². The Bertz CT molecular complexity index is 267. The normalized spacial score (nSPS) is 27.8. The summed E-state index contributed by atoms with van der Waals surface area (Å²) in [6.45, 7) is 2.06. The van der Waals surface area contributed by atoms with Gasteiger partial charge in [-0.25, -0.2) is 0 Å². The van der Waals surface area contributed by atoms with Gasteiger partial charge in [0.05, 0.1) is 19.3 Å². The van der Waals surface area contributed by atoms with E-state index in [9.17, 15) is 4.79 Å². The zero-order valence-corrected chi connectivity index (χ0v) is 9.84. The van der Waals surface area contributed by atoms with Gasteiger partial charge in [-0.15, -0.1) is 0 Å². The van der Waals surface area contributed by atoms with Gasteiger partial charge in [-0.3, -0.25) is 4.79 Å². The Morgan fingerprint density at radius 2 is 2.19 bits per heavy atom. The lowest BCUT2D eigenvalue weighted by Crippen LogP contribution is -2.47. The van der Waals surface area contributed by atoms with Gasteiger partial charge in [0, 0.05) is 6.54 Å². The standard InChI is InChI=1S/C13H21NO2/c15-13(12-10-16-9-8-14-12)11-6-4-2-1-3-5-7-11/h6,12,14H,1-5,7-10H2. The van der Waals surface area contributed by atoms with Crippen molar-refractivity contribution in [2.24, 2.45) is 0 Å². The summed E-state index contributed by atoms with van der Waals surface area (Å²) in [7, 11) is 0. The number of rotatable bonds is 2. The molecule has 1 aliphatic heterocycles. The van der Waals surface area contributed by atoms with E-state index >= 15 is 0 Å². The molecule has 0 saturated carbocycles. The number of Topliss-reactive ketones (excluding diaryl/α,β-unsaturated/α-hetero) is 1. The van der Waals surface area contributed by atoms with Crippen LogP contribution in [0, 0.1) is 0 Å². The van der Waals surface area contributed by atoms with Crippen LogP contribution in [0.2, 0.25) is 0 Å². The molecule has 2 rings (SSSR count). The van der Waals surface area contributed by atoms with Gasteiger partial charge in [-0.2, -0.15) is 0 Å². The molecule has 0 aromatic carbocycles. The van der Waals surface area contributed by atoms with Crippen molar-refractivity contribution in [3.63, 3.8) is 0 Å². The first-order valence-corrected chi connectivity index (χ1v) is 6.42. The first-order chi connectivity index (χ1) is 7.88. The highest BCUT2D eigenvalue weighted by molar-refractivity contribution is 5.99. The Balaban J connectivity index is 1.95. The van der Waals surface area contributed by atoms with Crippen LogP contribution in [0.25, 0.3) is 0 Å². The molecule has 0 aromatic rings. The summed E-state index contributed by atoms with van der Waals surface area (Å²) in [5.41, 5.74) is 1.03. The van der Waals surface area contributed by atoms with Crippen LogP contribution in [-0.2, 0) is 9.53 Å². The summed E-state index contributed by atoms with van der Waals surface area (Å²) < 4.78 is 5.34. The van der Waals surface area contributed by atoms with Crippen molar-refractivity contribution in [3.8, 4) is 0 Å². The van der Waals surface area contributed by atoms with Crippen molar-refractivity contribution in [3.05, 3.63) is 11.6 Å². The Hall–Kier alpha value is -0.670. The van der Waals surface area contributed by atoms with Crippen molar-refractivity contribution < 1.29 is 9.53 Å². The van der Waals surface area contributed by atoms with E-state index in [1.807, 2.05) is 0 Å². The number of carbonyl (C=O) groups is 1. The van der Waals surface area contributed by atoms with E-state index in [0.29, 0.717) is 6.61 Å². The lowest BCUT2D eigenvalue weighted by atomic mass is 9.94. The number of morpholine rings is 1. The first-order valence-electron chi connectivity index (χ1n) is 6.42. The highest BCUT2D eigenvalue weighted by Gasteiger charge is 2.23. The van der Waals surface area contributed by atoms with Crippen LogP contribution in [0.1, 0.15) is 38.5 Å². The van der Waals surface area contributed by atoms with Crippen molar-refractivity contribution in [2.75, 3.05) is 19.8 Å². The molecule has 0 radical (unpaired) electrons. The van der Waals surface area contributed by atoms with E-state index in [4.69, 9.17) is 4.74 Å². The van der Waals surface area contributed by atoms with Crippen molar-refractivity contribution in [1.82, 2.24) is 5.32 Å². The number of ether oxygens (including phenoxy) is 1. The Morgan fingerprint density at radius 3 is 3.00 bits per heavy atom. The lowest BCUT2D eigenvalue weighted by Gasteiger charge is -2.24. The molecular formula is C13H21NO2. The monoisotopic (exact) mass is 223 g/mol. The zero-order chi connectivity index (χ0) is 11.2. The second-order valence-electron chi connectivity index (χ2n) is 4.63. The van der Waals surface area contributed by atoms with E-state index in [0.717, 1.165) is 38.0 Å². The molecule has 90 valence electrons. The van der Waals surface area contributed by atoms with Crippen molar-refractivity contribution >= 4 is 5.78 Å². The average Bonchev–Trinajstić information content (AvgIpc) is 2.29. The van der Waals surface area contributed by atoms with Gasteiger partial charge >= 0.3 is 0 Å². The third kappa shape index (κ3) is 3.16. The third-order valence-electron chi connectivity index (χ3n) is 3.35. The number of nitrogens with one attached hydrogen (secondary N) is 1. The maximum absolute atomic E-state index is 12.2. The Morgan fingerprint density at radius 1 is 1.31 bits per heavy atom. The number of hydrogen-bond acceptors (Lipinski definition) is 3. The van der Waals surface area contributed by atoms with Gasteiger partial charge in [0.1, 0.15) is 0 Å². The van der Waals surface area contributed by atoms with Gasteiger partial charge in [0.2, 0.25) is 0 Å². The largest absolute Gasteiger partial charge is 0.378 e. The maximum Gasteiger partial charge on any atom is 0.177 e. The van der Waals surface area contributed by atoms with Gasteiger partial charge < -0.3 is 10.1 Å². The lowest BCUT2D eigenvalue weighted by molar-refractivity contribution is -0.120. The quantitative estimate of drug-likeness (QED) is 0.776. The zero-order valence-electron chi connectivity index (χ0n) is 9.84. The summed E-state index contributed by atoms with van der Waals surface area (Å²) in [5, 5.41) is 3.24. The molecule has 0 aromatic heterocycles. The van der Waals surface area contributed by atoms with E-state index in [1.54, 1.807) is 0 Å². The predicted octanol–water partition coefficient (Wildman–Crippen LogP) is 1.82. The third-order valence-corrected chi connectivity index (χ3v) is 3.35. The molecule has 1 heterocycles. The minimum Gasteiger partial charge on any atom is -0.378 e. The van der Waals surface area contributed by atoms with Crippen LogP contribution in [0.15, 0.2) is 11.6 Å².